The first-order chi connectivity index (χ1) is 9.31. The maximum absolute atomic E-state index is 5.97. The Morgan fingerprint density at radius 1 is 0.895 bits per heavy atom. The summed E-state index contributed by atoms with van der Waals surface area (Å²) < 4.78 is 16.2. The van der Waals surface area contributed by atoms with Crippen molar-refractivity contribution in [2.24, 2.45) is 0 Å². The molecule has 19 heavy (non-hydrogen) atoms. The Hall–Kier alpha value is 0.130. The largest absolute Gasteiger partial charge is 0.379 e. The average molecular weight is 296 g/mol. The van der Waals surface area contributed by atoms with E-state index < -0.39 is 0 Å². The van der Waals surface area contributed by atoms with E-state index in [0.29, 0.717) is 33.0 Å². The van der Waals surface area contributed by atoms with Crippen LogP contribution < -0.4 is 5.32 Å². The van der Waals surface area contributed by atoms with Crippen molar-refractivity contribution in [1.29, 1.82) is 0 Å². The first-order valence-corrected chi connectivity index (χ1v) is 7.82. The van der Waals surface area contributed by atoms with Gasteiger partial charge in [0.05, 0.1) is 33.0 Å². The highest BCUT2D eigenvalue weighted by molar-refractivity contribution is 6.20. The highest BCUT2D eigenvalue weighted by Crippen LogP contribution is 1.97. The Labute approximate surface area is 123 Å². The lowest BCUT2D eigenvalue weighted by atomic mass is 10.3. The smallest absolute Gasteiger partial charge is 0.0701 e. The van der Waals surface area contributed by atoms with Crippen molar-refractivity contribution in [3.63, 3.8) is 0 Å². The van der Waals surface area contributed by atoms with Crippen LogP contribution in [0.25, 0.3) is 0 Å². The van der Waals surface area contributed by atoms with Crippen LogP contribution in [0.15, 0.2) is 0 Å². The lowest BCUT2D eigenvalue weighted by Crippen LogP contribution is -2.26. The molecule has 0 aliphatic rings. The molecular formula is C14H30ClNO3. The van der Waals surface area contributed by atoms with Crippen LogP contribution in [0.5, 0.6) is 0 Å². The summed E-state index contributed by atoms with van der Waals surface area (Å²) in [7, 11) is 0. The van der Waals surface area contributed by atoms with Gasteiger partial charge in [0, 0.05) is 25.1 Å². The third-order valence-electron chi connectivity index (χ3n) is 2.62. The van der Waals surface area contributed by atoms with Crippen molar-refractivity contribution >= 4 is 11.6 Å². The number of hydrogen-bond donors (Lipinski definition) is 1. The van der Waals surface area contributed by atoms with Gasteiger partial charge in [-0.2, -0.15) is 0 Å². The maximum atomic E-state index is 5.97. The molecule has 0 aliphatic carbocycles. The third kappa shape index (κ3) is 16.1. The molecule has 0 aromatic rings. The van der Waals surface area contributed by atoms with Gasteiger partial charge in [-0.05, 0) is 12.8 Å². The monoisotopic (exact) mass is 295 g/mol. The Kier molecular flexibility index (Phi) is 16.3. The fourth-order valence-corrected chi connectivity index (χ4v) is 1.44. The second-order valence-electron chi connectivity index (χ2n) is 4.40. The molecule has 0 heterocycles. The van der Waals surface area contributed by atoms with E-state index in [4.69, 9.17) is 25.8 Å². The van der Waals surface area contributed by atoms with Crippen molar-refractivity contribution in [3.8, 4) is 0 Å². The molecular weight excluding hydrogens is 266 g/mol. The summed E-state index contributed by atoms with van der Waals surface area (Å²) in [6.07, 6.45) is 3.28. The van der Waals surface area contributed by atoms with Gasteiger partial charge in [-0.25, -0.2) is 0 Å². The van der Waals surface area contributed by atoms with Gasteiger partial charge >= 0.3 is 0 Å². The van der Waals surface area contributed by atoms with Gasteiger partial charge in [-0.15, -0.1) is 11.6 Å². The van der Waals surface area contributed by atoms with E-state index in [1.54, 1.807) is 0 Å². The fraction of sp³-hybridized carbons (Fsp3) is 1.00. The summed E-state index contributed by atoms with van der Waals surface area (Å²) in [5, 5.41) is 3.47. The zero-order valence-electron chi connectivity index (χ0n) is 12.5. The standard InChI is InChI=1S/C14H30ClNO3/c1-3-5-7-17-9-11-19-12-10-18-8-6-16-13-14(15)4-2/h14,16H,3-13H2,1-2H3. The molecule has 1 unspecified atom stereocenters. The van der Waals surface area contributed by atoms with E-state index in [1.165, 1.54) is 6.42 Å². The van der Waals surface area contributed by atoms with E-state index in [0.717, 1.165) is 32.5 Å². The molecule has 5 heteroatoms. The molecule has 0 fully saturated rings. The molecule has 0 spiro atoms. The predicted molar refractivity (Wildman–Crippen MR) is 80.2 cm³/mol. The second-order valence-corrected chi connectivity index (χ2v) is 5.02. The van der Waals surface area contributed by atoms with Crippen molar-refractivity contribution in [2.45, 2.75) is 38.5 Å². The number of hydrogen-bond acceptors (Lipinski definition) is 4. The fourth-order valence-electron chi connectivity index (χ4n) is 1.34. The lowest BCUT2D eigenvalue weighted by molar-refractivity contribution is 0.0147. The molecule has 0 radical (unpaired) electrons. The molecule has 0 saturated carbocycles. The van der Waals surface area contributed by atoms with Crippen LogP contribution in [0.1, 0.15) is 33.1 Å². The molecule has 116 valence electrons. The SMILES string of the molecule is CCCCOCCOCCOCCNCC(Cl)CC. The molecule has 0 bridgehead atoms. The molecule has 1 N–H and O–H groups in total. The first-order valence-electron chi connectivity index (χ1n) is 7.39. The first kappa shape index (κ1) is 19.1. The van der Waals surface area contributed by atoms with E-state index >= 15 is 0 Å². The van der Waals surface area contributed by atoms with E-state index in [9.17, 15) is 0 Å². The highest BCUT2D eigenvalue weighted by Gasteiger charge is 1.98. The Bertz CT molecular complexity index is 173. The average Bonchev–Trinajstić information content (AvgIpc) is 2.43. The van der Waals surface area contributed by atoms with Crippen molar-refractivity contribution in [1.82, 2.24) is 5.32 Å². The normalized spacial score (nSPS) is 12.8. The van der Waals surface area contributed by atoms with Gasteiger partial charge in [-0.3, -0.25) is 0 Å². The van der Waals surface area contributed by atoms with Crippen LogP contribution in [-0.4, -0.2) is 58.1 Å². The van der Waals surface area contributed by atoms with Gasteiger partial charge in [0.1, 0.15) is 0 Å². The lowest BCUT2D eigenvalue weighted by Gasteiger charge is -2.09. The van der Waals surface area contributed by atoms with E-state index in [-0.39, 0.29) is 5.38 Å². The Morgan fingerprint density at radius 3 is 2.05 bits per heavy atom. The minimum absolute atomic E-state index is 0.219. The minimum Gasteiger partial charge on any atom is -0.379 e. The van der Waals surface area contributed by atoms with Crippen LogP contribution in [0.2, 0.25) is 0 Å². The van der Waals surface area contributed by atoms with Crippen LogP contribution in [0.4, 0.5) is 0 Å². The van der Waals surface area contributed by atoms with Crippen molar-refractivity contribution < 1.29 is 14.2 Å². The summed E-state index contributed by atoms with van der Waals surface area (Å²) in [6, 6.07) is 0. The zero-order valence-corrected chi connectivity index (χ0v) is 13.2. The number of ether oxygens (including phenoxy) is 3. The van der Waals surface area contributed by atoms with Gasteiger partial charge in [0.25, 0.3) is 0 Å². The molecule has 0 aliphatic heterocycles. The molecule has 0 aromatic carbocycles. The number of halogens is 1. The summed E-state index contributed by atoms with van der Waals surface area (Å²) >= 11 is 5.97. The van der Waals surface area contributed by atoms with Crippen LogP contribution in [-0.2, 0) is 14.2 Å². The van der Waals surface area contributed by atoms with Crippen LogP contribution >= 0.6 is 11.6 Å². The van der Waals surface area contributed by atoms with E-state index in [1.807, 2.05) is 0 Å². The summed E-state index contributed by atoms with van der Waals surface area (Å²) in [4.78, 5) is 0. The van der Waals surface area contributed by atoms with Gasteiger partial charge in [0.2, 0.25) is 0 Å². The van der Waals surface area contributed by atoms with E-state index in [2.05, 4.69) is 19.2 Å². The van der Waals surface area contributed by atoms with Gasteiger partial charge < -0.3 is 19.5 Å². The van der Waals surface area contributed by atoms with Crippen molar-refractivity contribution in [3.05, 3.63) is 0 Å². The minimum atomic E-state index is 0.219. The number of unbranched alkanes of at least 4 members (excludes halogenated alkanes) is 1. The molecule has 0 aromatic heterocycles. The van der Waals surface area contributed by atoms with Crippen LogP contribution in [0, 0.1) is 0 Å². The van der Waals surface area contributed by atoms with Gasteiger partial charge in [0.15, 0.2) is 0 Å². The highest BCUT2D eigenvalue weighted by atomic mass is 35.5. The summed E-state index contributed by atoms with van der Waals surface area (Å²) in [6.45, 7) is 10.0. The molecule has 0 rings (SSSR count). The number of alkyl halides is 1. The third-order valence-corrected chi connectivity index (χ3v) is 3.08. The number of nitrogens with one attached hydrogen (secondary N) is 1. The van der Waals surface area contributed by atoms with Gasteiger partial charge in [-0.1, -0.05) is 20.3 Å². The molecule has 1 atom stereocenters. The molecule has 0 saturated heterocycles. The second kappa shape index (κ2) is 16.2. The number of rotatable bonds is 15. The molecule has 0 amide bonds. The Morgan fingerprint density at radius 2 is 1.47 bits per heavy atom. The topological polar surface area (TPSA) is 39.7 Å². The Balaban J connectivity index is 2.95. The predicted octanol–water partition coefficient (Wildman–Crippen LogP) is 2.44. The van der Waals surface area contributed by atoms with Crippen molar-refractivity contribution in [2.75, 3.05) is 52.7 Å². The maximum Gasteiger partial charge on any atom is 0.0701 e. The zero-order chi connectivity index (χ0) is 14.2. The summed E-state index contributed by atoms with van der Waals surface area (Å²) in [5.41, 5.74) is 0. The quantitative estimate of drug-likeness (QED) is 0.372. The van der Waals surface area contributed by atoms with Crippen LogP contribution in [0.3, 0.4) is 0 Å². The summed E-state index contributed by atoms with van der Waals surface area (Å²) in [5.74, 6) is 0. The molecule has 4 nitrogen and oxygen atoms in total.